The number of rotatable bonds is 5. The van der Waals surface area contributed by atoms with Crippen molar-refractivity contribution in [1.82, 2.24) is 15.0 Å². The van der Waals surface area contributed by atoms with E-state index in [-0.39, 0.29) is 17.5 Å². The topological polar surface area (TPSA) is 115 Å². The molecule has 2 heterocycles. The number of hydrogen-bond donors (Lipinski definition) is 3. The fraction of sp³-hybridized carbons (Fsp3) is 0.0435. The van der Waals surface area contributed by atoms with Gasteiger partial charge >= 0.3 is 18.2 Å². The van der Waals surface area contributed by atoms with Crippen molar-refractivity contribution < 1.29 is 31.5 Å². The fourth-order valence-corrected chi connectivity index (χ4v) is 3.00. The molecule has 0 aliphatic rings. The van der Waals surface area contributed by atoms with Crippen LogP contribution in [0, 0.1) is 11.6 Å². The van der Waals surface area contributed by atoms with Gasteiger partial charge in [0.1, 0.15) is 23.2 Å². The average molecular weight is 502 g/mol. The Balaban J connectivity index is 1.38. The van der Waals surface area contributed by atoms with Gasteiger partial charge in [-0.2, -0.15) is 13.2 Å². The van der Waals surface area contributed by atoms with Crippen LogP contribution in [0.3, 0.4) is 0 Å². The van der Waals surface area contributed by atoms with E-state index in [0.717, 1.165) is 6.20 Å². The van der Waals surface area contributed by atoms with E-state index < -0.39 is 35.1 Å². The van der Waals surface area contributed by atoms with Crippen LogP contribution in [0.4, 0.5) is 43.9 Å². The number of aromatic nitrogens is 3. The molecule has 0 fully saturated rings. The van der Waals surface area contributed by atoms with E-state index in [1.165, 1.54) is 18.5 Å². The van der Waals surface area contributed by atoms with Gasteiger partial charge in [-0.25, -0.2) is 28.5 Å². The number of halogens is 5. The van der Waals surface area contributed by atoms with Crippen LogP contribution in [0.1, 0.15) is 5.56 Å². The minimum atomic E-state index is -4.70. The van der Waals surface area contributed by atoms with E-state index in [2.05, 4.69) is 20.3 Å². The number of urea groups is 1. The molecule has 0 spiro atoms. The molecule has 4 rings (SSSR count). The minimum absolute atomic E-state index is 0.0664. The normalized spacial score (nSPS) is 11.1. The molecule has 36 heavy (non-hydrogen) atoms. The predicted molar refractivity (Wildman–Crippen MR) is 120 cm³/mol. The maximum Gasteiger partial charge on any atom is 0.416 e. The number of ether oxygens (including phenoxy) is 1. The molecule has 0 saturated carbocycles. The summed E-state index contributed by atoms with van der Waals surface area (Å²) in [6, 6.07) is 8.23. The molecule has 8 nitrogen and oxygen atoms in total. The summed E-state index contributed by atoms with van der Waals surface area (Å²) >= 11 is 0. The van der Waals surface area contributed by atoms with Gasteiger partial charge in [0.15, 0.2) is 0 Å². The standard InChI is InChI=1S/C23H15F5N6O2/c24-14-8-17(20(29)30-9-14)12-1-4-16(5-2-12)36-22-31-10-15(11-32-22)33-21(35)34-19-7-13(23(26,27)28)3-6-18(19)25/h1-11H,(H2,29,30)(H2,33,34,35). The molecule has 2 aromatic carbocycles. The molecule has 0 bridgehead atoms. The molecule has 0 radical (unpaired) electrons. The molecule has 2 amide bonds. The van der Waals surface area contributed by atoms with Gasteiger partial charge in [0.2, 0.25) is 0 Å². The maximum atomic E-state index is 13.8. The number of pyridine rings is 1. The molecule has 184 valence electrons. The maximum absolute atomic E-state index is 13.8. The van der Waals surface area contributed by atoms with Crippen molar-refractivity contribution in [3.05, 3.63) is 84.3 Å². The third-order valence-corrected chi connectivity index (χ3v) is 4.69. The van der Waals surface area contributed by atoms with Crippen molar-refractivity contribution in [2.75, 3.05) is 16.4 Å². The van der Waals surface area contributed by atoms with Crippen LogP contribution in [0.25, 0.3) is 11.1 Å². The second-order valence-corrected chi connectivity index (χ2v) is 7.24. The second kappa shape index (κ2) is 9.82. The number of carbonyl (C=O) groups is 1. The predicted octanol–water partition coefficient (Wildman–Crippen LogP) is 5.85. The molecule has 13 heteroatoms. The van der Waals surface area contributed by atoms with Crippen molar-refractivity contribution in [1.29, 1.82) is 0 Å². The van der Waals surface area contributed by atoms with Crippen molar-refractivity contribution in [3.8, 4) is 22.9 Å². The van der Waals surface area contributed by atoms with Crippen LogP contribution in [0.15, 0.2) is 67.1 Å². The summed E-state index contributed by atoms with van der Waals surface area (Å²) in [5.74, 6) is -1.06. The first-order valence-corrected chi connectivity index (χ1v) is 10.0. The largest absolute Gasteiger partial charge is 0.424 e. The zero-order valence-corrected chi connectivity index (χ0v) is 18.0. The highest BCUT2D eigenvalue weighted by Gasteiger charge is 2.31. The van der Waals surface area contributed by atoms with Gasteiger partial charge < -0.3 is 21.1 Å². The summed E-state index contributed by atoms with van der Waals surface area (Å²) in [5, 5.41) is 4.28. The summed E-state index contributed by atoms with van der Waals surface area (Å²) < 4.78 is 71.2. The Bertz CT molecular complexity index is 1400. The van der Waals surface area contributed by atoms with E-state index in [4.69, 9.17) is 10.5 Å². The molecule has 0 atom stereocenters. The third kappa shape index (κ3) is 5.81. The van der Waals surface area contributed by atoms with E-state index in [9.17, 15) is 26.7 Å². The first-order valence-electron chi connectivity index (χ1n) is 10.0. The average Bonchev–Trinajstić information content (AvgIpc) is 2.83. The molecule has 4 N–H and O–H groups in total. The van der Waals surface area contributed by atoms with Gasteiger partial charge in [-0.3, -0.25) is 0 Å². The van der Waals surface area contributed by atoms with E-state index in [0.29, 0.717) is 35.1 Å². The summed E-state index contributed by atoms with van der Waals surface area (Å²) in [6.45, 7) is 0. The number of nitrogen functional groups attached to an aromatic ring is 1. The Kier molecular flexibility index (Phi) is 6.63. The van der Waals surface area contributed by atoms with Crippen molar-refractivity contribution in [2.45, 2.75) is 6.18 Å². The van der Waals surface area contributed by atoms with Crippen LogP contribution in [0.2, 0.25) is 0 Å². The zero-order chi connectivity index (χ0) is 25.9. The number of nitrogens with one attached hydrogen (secondary N) is 2. The Hall–Kier alpha value is -4.81. The van der Waals surface area contributed by atoms with Crippen molar-refractivity contribution in [2.24, 2.45) is 0 Å². The second-order valence-electron chi connectivity index (χ2n) is 7.24. The lowest BCUT2D eigenvalue weighted by Gasteiger charge is -2.12. The number of carbonyl (C=O) groups excluding carboxylic acids is 1. The lowest BCUT2D eigenvalue weighted by molar-refractivity contribution is -0.137. The smallest absolute Gasteiger partial charge is 0.416 e. The van der Waals surface area contributed by atoms with Crippen LogP contribution < -0.4 is 21.1 Å². The van der Waals surface area contributed by atoms with E-state index in [1.54, 1.807) is 24.3 Å². The summed E-state index contributed by atoms with van der Waals surface area (Å²) in [4.78, 5) is 23.7. The zero-order valence-electron chi connectivity index (χ0n) is 18.0. The Morgan fingerprint density at radius 3 is 2.25 bits per heavy atom. The number of anilines is 3. The van der Waals surface area contributed by atoms with Gasteiger partial charge in [0.05, 0.1) is 35.5 Å². The van der Waals surface area contributed by atoms with Gasteiger partial charge in [-0.15, -0.1) is 0 Å². The highest BCUT2D eigenvalue weighted by molar-refractivity contribution is 5.99. The molecule has 4 aromatic rings. The van der Waals surface area contributed by atoms with Crippen LogP contribution in [-0.4, -0.2) is 21.0 Å². The van der Waals surface area contributed by atoms with Gasteiger partial charge in [0, 0.05) is 5.56 Å². The Morgan fingerprint density at radius 2 is 1.58 bits per heavy atom. The van der Waals surface area contributed by atoms with Crippen LogP contribution in [-0.2, 0) is 6.18 Å². The van der Waals surface area contributed by atoms with Crippen molar-refractivity contribution in [3.63, 3.8) is 0 Å². The number of nitrogens with two attached hydrogens (primary N) is 1. The summed E-state index contributed by atoms with van der Waals surface area (Å²) in [6.07, 6.45) is -1.33. The van der Waals surface area contributed by atoms with E-state index in [1.807, 2.05) is 5.32 Å². The fourth-order valence-electron chi connectivity index (χ4n) is 3.00. The molecule has 0 unspecified atom stereocenters. The summed E-state index contributed by atoms with van der Waals surface area (Å²) in [5.41, 5.74) is 5.10. The highest BCUT2D eigenvalue weighted by Crippen LogP contribution is 2.32. The summed E-state index contributed by atoms with van der Waals surface area (Å²) in [7, 11) is 0. The molecular formula is C23H15F5N6O2. The quantitative estimate of drug-likeness (QED) is 0.295. The molecule has 2 aromatic heterocycles. The van der Waals surface area contributed by atoms with Crippen LogP contribution >= 0.6 is 0 Å². The lowest BCUT2D eigenvalue weighted by atomic mass is 10.1. The molecule has 0 aliphatic carbocycles. The Labute approximate surface area is 200 Å². The van der Waals surface area contributed by atoms with Crippen molar-refractivity contribution >= 4 is 23.2 Å². The first kappa shape index (κ1) is 24.3. The molecule has 0 saturated heterocycles. The SMILES string of the molecule is Nc1ncc(F)cc1-c1ccc(Oc2ncc(NC(=O)Nc3cc(C(F)(F)F)ccc3F)cn2)cc1. The van der Waals surface area contributed by atoms with E-state index >= 15 is 0 Å². The molecule has 0 aliphatic heterocycles. The Morgan fingerprint density at radius 1 is 0.889 bits per heavy atom. The number of amides is 2. The van der Waals surface area contributed by atoms with Gasteiger partial charge in [-0.1, -0.05) is 12.1 Å². The number of nitrogens with zero attached hydrogens (tertiary/aromatic N) is 3. The molecular weight excluding hydrogens is 487 g/mol. The van der Waals surface area contributed by atoms with Gasteiger partial charge in [0.25, 0.3) is 0 Å². The minimum Gasteiger partial charge on any atom is -0.424 e. The van der Waals surface area contributed by atoms with Gasteiger partial charge in [-0.05, 0) is 42.0 Å². The third-order valence-electron chi connectivity index (χ3n) is 4.69. The van der Waals surface area contributed by atoms with Crippen LogP contribution in [0.5, 0.6) is 11.8 Å². The lowest BCUT2D eigenvalue weighted by Crippen LogP contribution is -2.21. The first-order chi connectivity index (χ1) is 17.1. The number of benzene rings is 2. The highest BCUT2D eigenvalue weighted by atomic mass is 19.4. The number of alkyl halides is 3. The number of hydrogen-bond acceptors (Lipinski definition) is 6. The monoisotopic (exact) mass is 502 g/mol.